The number of carbonyl (C=O) groups excluding carboxylic acids is 4. The molecule has 8 heteroatoms. The lowest BCUT2D eigenvalue weighted by molar-refractivity contribution is -0.110. The Balaban J connectivity index is -0.000000133. The second-order valence-electron chi connectivity index (χ2n) is 6.20. The first-order valence-corrected chi connectivity index (χ1v) is 14.3. The number of hydrogen-bond acceptors (Lipinski definition) is 4. The van der Waals surface area contributed by atoms with Crippen LogP contribution in [0.25, 0.3) is 0 Å². The molecule has 3 rings (SSSR count). The number of rotatable bonds is 3. The van der Waals surface area contributed by atoms with Crippen LogP contribution >= 0.6 is 46.4 Å². The molecule has 0 aliphatic rings. The molecule has 3 aromatic rings. The van der Waals surface area contributed by atoms with Crippen LogP contribution in [0.5, 0.6) is 0 Å². The Morgan fingerprint density at radius 3 is 0.825 bits per heavy atom. The summed E-state index contributed by atoms with van der Waals surface area (Å²) in [6.07, 6.45) is 1.03. The third kappa shape index (κ3) is 48.6. The molecular formula is C32H44Cl4O4. The van der Waals surface area contributed by atoms with E-state index < -0.39 is 5.24 Å². The van der Waals surface area contributed by atoms with E-state index in [4.69, 9.17) is 11.6 Å². The average molecular weight is 635 g/mol. The fourth-order valence-electron chi connectivity index (χ4n) is 2.00. The number of hydrogen-bond donors (Lipinski definition) is 0. The van der Waals surface area contributed by atoms with Crippen LogP contribution in [0, 0.1) is 0 Å². The normalized spacial score (nSPS) is 7.62. The van der Waals surface area contributed by atoms with E-state index in [1.807, 2.05) is 47.6 Å². The predicted octanol–water partition coefficient (Wildman–Crippen LogP) is 10.7. The molecule has 0 spiro atoms. The lowest BCUT2D eigenvalue weighted by atomic mass is 10.1. The lowest BCUT2D eigenvalue weighted by Gasteiger charge is -2.00. The van der Waals surface area contributed by atoms with E-state index in [2.05, 4.69) is 95.5 Å². The van der Waals surface area contributed by atoms with Gasteiger partial charge in [-0.25, -0.2) is 0 Å². The Bertz CT molecular complexity index is 888. The van der Waals surface area contributed by atoms with Gasteiger partial charge in [0.2, 0.25) is 15.7 Å². The van der Waals surface area contributed by atoms with Crippen LogP contribution in [0.3, 0.4) is 0 Å². The maximum atomic E-state index is 10.4. The maximum absolute atomic E-state index is 10.4. The largest absolute Gasteiger partial charge is 0.282 e. The summed E-state index contributed by atoms with van der Waals surface area (Å²) in [5.41, 5.74) is 3.28. The van der Waals surface area contributed by atoms with Gasteiger partial charge < -0.3 is 0 Å². The minimum atomic E-state index is -0.407. The molecule has 0 fully saturated rings. The quantitative estimate of drug-likeness (QED) is 0.269. The van der Waals surface area contributed by atoms with E-state index >= 15 is 0 Å². The second-order valence-corrected chi connectivity index (χ2v) is 8.14. The highest BCUT2D eigenvalue weighted by Gasteiger charge is 1.96. The summed E-state index contributed by atoms with van der Waals surface area (Å²) in [5, 5.41) is -1.49. The molecule has 0 saturated carbocycles. The van der Waals surface area contributed by atoms with Crippen LogP contribution in [-0.4, -0.2) is 21.0 Å². The molecule has 0 radical (unpaired) electrons. The molecule has 4 nitrogen and oxygen atoms in total. The SMILES string of the molecule is CC.CC.CC.CC(=O)Cl.CC(=O)Cl.CC(=O)Cl.O=C(Cl)c1ccccc1.c1ccc(Cc2ccccc2)cc1. The van der Waals surface area contributed by atoms with Crippen molar-refractivity contribution >= 4 is 67.4 Å². The van der Waals surface area contributed by atoms with Gasteiger partial charge in [-0.1, -0.05) is 133 Å². The summed E-state index contributed by atoms with van der Waals surface area (Å²) in [4.78, 5) is 38.0. The molecule has 0 unspecified atom stereocenters. The number of benzene rings is 3. The van der Waals surface area contributed by atoms with Gasteiger partial charge in [0.05, 0.1) is 0 Å². The van der Waals surface area contributed by atoms with Crippen LogP contribution in [0.2, 0.25) is 0 Å². The average Bonchev–Trinajstić information content (AvgIpc) is 2.93. The zero-order valence-electron chi connectivity index (χ0n) is 25.0. The summed E-state index contributed by atoms with van der Waals surface area (Å²) in [6.45, 7) is 15.9. The fraction of sp³-hybridized carbons (Fsp3) is 0.312. The van der Waals surface area contributed by atoms with Gasteiger partial charge in [0.15, 0.2) is 0 Å². The molecule has 0 aromatic heterocycles. The van der Waals surface area contributed by atoms with Crippen molar-refractivity contribution in [3.63, 3.8) is 0 Å². The van der Waals surface area contributed by atoms with E-state index in [-0.39, 0.29) is 15.7 Å². The summed E-state index contributed by atoms with van der Waals surface area (Å²) in [5.74, 6) is 0. The number of carbonyl (C=O) groups is 4. The van der Waals surface area contributed by atoms with Crippen molar-refractivity contribution in [2.24, 2.45) is 0 Å². The first kappa shape index (κ1) is 47.3. The van der Waals surface area contributed by atoms with E-state index in [1.165, 1.54) is 31.9 Å². The minimum Gasteiger partial charge on any atom is -0.282 e. The van der Waals surface area contributed by atoms with Crippen LogP contribution in [0.15, 0.2) is 91.0 Å². The van der Waals surface area contributed by atoms with E-state index in [0.29, 0.717) is 5.56 Å². The van der Waals surface area contributed by atoms with Crippen molar-refractivity contribution in [3.8, 4) is 0 Å². The third-order valence-electron chi connectivity index (χ3n) is 3.09. The highest BCUT2D eigenvalue weighted by molar-refractivity contribution is 6.67. The van der Waals surface area contributed by atoms with Gasteiger partial charge in [0, 0.05) is 26.3 Å². The Morgan fingerprint density at radius 2 is 0.650 bits per heavy atom. The first-order valence-electron chi connectivity index (χ1n) is 12.8. The summed E-state index contributed by atoms with van der Waals surface area (Å²) in [7, 11) is 0. The van der Waals surface area contributed by atoms with E-state index in [0.717, 1.165) is 6.42 Å². The minimum absolute atomic E-state index is 0.361. The Labute approximate surface area is 262 Å². The lowest BCUT2D eigenvalue weighted by Crippen LogP contribution is -1.85. The van der Waals surface area contributed by atoms with Crippen molar-refractivity contribution in [2.75, 3.05) is 0 Å². The van der Waals surface area contributed by atoms with E-state index in [1.54, 1.807) is 24.3 Å². The third-order valence-corrected chi connectivity index (χ3v) is 3.31. The van der Waals surface area contributed by atoms with Crippen molar-refractivity contribution in [2.45, 2.75) is 68.7 Å². The Hall–Kier alpha value is -2.50. The summed E-state index contributed by atoms with van der Waals surface area (Å²) >= 11 is 19.1. The topological polar surface area (TPSA) is 68.3 Å². The highest BCUT2D eigenvalue weighted by atomic mass is 35.5. The Kier molecular flexibility index (Phi) is 45.7. The van der Waals surface area contributed by atoms with Gasteiger partial charge in [0.1, 0.15) is 0 Å². The maximum Gasteiger partial charge on any atom is 0.252 e. The predicted molar refractivity (Wildman–Crippen MR) is 176 cm³/mol. The molecule has 0 aliphatic heterocycles. The van der Waals surface area contributed by atoms with Crippen molar-refractivity contribution in [3.05, 3.63) is 108 Å². The molecule has 0 heterocycles. The molecule has 0 bridgehead atoms. The van der Waals surface area contributed by atoms with Crippen LogP contribution < -0.4 is 0 Å². The molecular weight excluding hydrogens is 590 g/mol. The molecule has 0 atom stereocenters. The molecule has 40 heavy (non-hydrogen) atoms. The first-order chi connectivity index (χ1) is 19.0. The molecule has 3 aromatic carbocycles. The van der Waals surface area contributed by atoms with Gasteiger partial charge in [-0.15, -0.1) is 0 Å². The molecule has 0 amide bonds. The van der Waals surface area contributed by atoms with Crippen LogP contribution in [-0.2, 0) is 20.8 Å². The smallest absolute Gasteiger partial charge is 0.252 e. The van der Waals surface area contributed by atoms with Gasteiger partial charge in [-0.3, -0.25) is 19.2 Å². The van der Waals surface area contributed by atoms with Gasteiger partial charge in [0.25, 0.3) is 5.24 Å². The fourth-order valence-corrected chi connectivity index (χ4v) is 2.12. The molecule has 0 N–H and O–H groups in total. The zero-order chi connectivity index (χ0) is 32.4. The van der Waals surface area contributed by atoms with E-state index in [9.17, 15) is 19.2 Å². The van der Waals surface area contributed by atoms with Gasteiger partial charge in [-0.05, 0) is 64.0 Å². The molecule has 224 valence electrons. The molecule has 0 saturated heterocycles. The van der Waals surface area contributed by atoms with Crippen molar-refractivity contribution in [1.82, 2.24) is 0 Å². The standard InChI is InChI=1S/C13H12.C7H5ClO.3C2H3ClO.3C2H6/c1-3-7-12(8-4-1)11-13-9-5-2-6-10-13;8-7(9)6-4-2-1-3-5-6;3*1-2(3)4;3*1-2/h1-10H,11H2;1-5H;3*1H3;3*1-2H3. The Morgan fingerprint density at radius 1 is 0.450 bits per heavy atom. The second kappa shape index (κ2) is 38.6. The van der Waals surface area contributed by atoms with Gasteiger partial charge in [-0.2, -0.15) is 0 Å². The van der Waals surface area contributed by atoms with Crippen LogP contribution in [0.4, 0.5) is 0 Å². The number of halogens is 4. The summed E-state index contributed by atoms with van der Waals surface area (Å²) < 4.78 is 0. The molecule has 0 aliphatic carbocycles. The van der Waals surface area contributed by atoms with Crippen LogP contribution in [0.1, 0.15) is 83.8 Å². The highest BCUT2D eigenvalue weighted by Crippen LogP contribution is 2.07. The van der Waals surface area contributed by atoms with Crippen molar-refractivity contribution in [1.29, 1.82) is 0 Å². The monoisotopic (exact) mass is 632 g/mol. The zero-order valence-corrected chi connectivity index (χ0v) is 28.0. The summed E-state index contributed by atoms with van der Waals surface area (Å²) in [6, 6.07) is 29.8. The van der Waals surface area contributed by atoms with Crippen molar-refractivity contribution < 1.29 is 19.2 Å². The van der Waals surface area contributed by atoms with Gasteiger partial charge >= 0.3 is 0 Å².